The van der Waals surface area contributed by atoms with E-state index in [0.29, 0.717) is 0 Å². The minimum absolute atomic E-state index is 0.0319. The molecule has 0 heterocycles. The predicted octanol–water partition coefficient (Wildman–Crippen LogP) is 4.13. The number of carbonyl (C=O) groups excluding carboxylic acids is 1. The van der Waals surface area contributed by atoms with Crippen molar-refractivity contribution in [3.05, 3.63) is 23.3 Å². The highest BCUT2D eigenvalue weighted by Gasteiger charge is 2.61. The molecule has 1 rings (SSSR count). The van der Waals surface area contributed by atoms with Gasteiger partial charge in [-0.05, 0) is 44.1 Å². The smallest absolute Gasteiger partial charge is 0.311 e. The monoisotopic (exact) mass is 274 g/mol. The van der Waals surface area contributed by atoms with Gasteiger partial charge in [0.15, 0.2) is 6.10 Å². The molecule has 0 N–H and O–H groups in total. The van der Waals surface area contributed by atoms with Crippen molar-refractivity contribution in [1.82, 2.24) is 0 Å². The Morgan fingerprint density at radius 3 is 2.45 bits per heavy atom. The summed E-state index contributed by atoms with van der Waals surface area (Å²) in [6.07, 6.45) is 9.99. The van der Waals surface area contributed by atoms with E-state index >= 15 is 0 Å². The molecule has 0 saturated heterocycles. The first-order valence-corrected chi connectivity index (χ1v) is 7.24. The van der Waals surface area contributed by atoms with Crippen LogP contribution >= 0.6 is 0 Å². The Kier molecular flexibility index (Phi) is 5.22. The molecule has 1 unspecified atom stereocenters. The van der Waals surface area contributed by atoms with Crippen molar-refractivity contribution < 1.29 is 9.53 Å². The number of terminal acetylenes is 1. The molecule has 110 valence electrons. The minimum atomic E-state index is -0.536. The fourth-order valence-corrected chi connectivity index (χ4v) is 2.67. The van der Waals surface area contributed by atoms with Gasteiger partial charge in [0.05, 0.1) is 5.92 Å². The van der Waals surface area contributed by atoms with Crippen LogP contribution in [0.1, 0.15) is 48.0 Å². The molecule has 2 heteroatoms. The van der Waals surface area contributed by atoms with Gasteiger partial charge in [-0.25, -0.2) is 0 Å². The number of ether oxygens (including phenoxy) is 1. The number of carbonyl (C=O) groups is 1. The van der Waals surface area contributed by atoms with Crippen LogP contribution in [0.5, 0.6) is 0 Å². The lowest BCUT2D eigenvalue weighted by molar-refractivity contribution is -0.147. The Bertz CT molecular complexity index is 470. The van der Waals surface area contributed by atoms with Gasteiger partial charge >= 0.3 is 5.97 Å². The maximum atomic E-state index is 12.3. The van der Waals surface area contributed by atoms with Gasteiger partial charge in [-0.2, -0.15) is 0 Å². The third kappa shape index (κ3) is 3.54. The Morgan fingerprint density at radius 1 is 1.40 bits per heavy atom. The summed E-state index contributed by atoms with van der Waals surface area (Å²) >= 11 is 0. The average Bonchev–Trinajstić information content (AvgIpc) is 2.86. The van der Waals surface area contributed by atoms with E-state index in [9.17, 15) is 4.79 Å². The molecule has 0 aromatic rings. The van der Waals surface area contributed by atoms with E-state index in [-0.39, 0.29) is 23.2 Å². The lowest BCUT2D eigenvalue weighted by atomic mass is 10.1. The minimum Gasteiger partial charge on any atom is -0.444 e. The van der Waals surface area contributed by atoms with Crippen molar-refractivity contribution >= 4 is 5.97 Å². The Labute approximate surface area is 123 Å². The van der Waals surface area contributed by atoms with E-state index in [1.165, 1.54) is 5.57 Å². The van der Waals surface area contributed by atoms with E-state index in [0.717, 1.165) is 12.0 Å². The molecule has 1 aliphatic carbocycles. The Balaban J connectivity index is 2.76. The summed E-state index contributed by atoms with van der Waals surface area (Å²) in [6.45, 7) is 12.2. The summed E-state index contributed by atoms with van der Waals surface area (Å²) in [5, 5.41) is 0. The maximum absolute atomic E-state index is 12.3. The fourth-order valence-electron chi connectivity index (χ4n) is 2.67. The number of hydrogen-bond donors (Lipinski definition) is 0. The summed E-state index contributed by atoms with van der Waals surface area (Å²) in [5.41, 5.74) is 2.13. The van der Waals surface area contributed by atoms with Crippen molar-refractivity contribution in [3.63, 3.8) is 0 Å². The molecule has 0 aliphatic heterocycles. The van der Waals surface area contributed by atoms with E-state index in [2.05, 4.69) is 39.7 Å². The third-order valence-electron chi connectivity index (χ3n) is 4.00. The lowest BCUT2D eigenvalue weighted by Crippen LogP contribution is -2.20. The number of allylic oxidation sites excluding steroid dienone is 3. The van der Waals surface area contributed by atoms with Crippen LogP contribution < -0.4 is 0 Å². The molecule has 0 aromatic heterocycles. The second kappa shape index (κ2) is 6.31. The van der Waals surface area contributed by atoms with E-state index < -0.39 is 6.10 Å². The first-order chi connectivity index (χ1) is 9.25. The number of esters is 1. The lowest BCUT2D eigenvalue weighted by Gasteiger charge is -2.13. The van der Waals surface area contributed by atoms with Crippen molar-refractivity contribution in [3.8, 4) is 12.3 Å². The van der Waals surface area contributed by atoms with Crippen molar-refractivity contribution in [2.45, 2.75) is 54.1 Å². The Morgan fingerprint density at radius 2 is 2.00 bits per heavy atom. The molecule has 1 aliphatic rings. The zero-order chi connectivity index (χ0) is 15.5. The van der Waals surface area contributed by atoms with Crippen LogP contribution in [0.15, 0.2) is 23.3 Å². The molecule has 0 radical (unpaired) electrons. The van der Waals surface area contributed by atoms with Gasteiger partial charge in [0.25, 0.3) is 0 Å². The number of hydrogen-bond acceptors (Lipinski definition) is 2. The SMILES string of the molecule is C#CC(OC(=O)[C@@H]1[C@@H](C=C(C)C)C1(C)C)/C(C)=C/CC. The van der Waals surface area contributed by atoms with Crippen LogP contribution in [0.2, 0.25) is 0 Å². The molecule has 3 atom stereocenters. The van der Waals surface area contributed by atoms with Crippen molar-refractivity contribution in [2.75, 3.05) is 0 Å². The topological polar surface area (TPSA) is 26.3 Å². The summed E-state index contributed by atoms with van der Waals surface area (Å²) in [6, 6.07) is 0. The molecule has 0 bridgehead atoms. The van der Waals surface area contributed by atoms with Gasteiger partial charge in [-0.1, -0.05) is 44.4 Å². The standard InChI is InChI=1S/C18H26O2/c1-8-10-13(5)15(9-2)20-17(19)16-14(11-12(3)4)18(16,6)7/h2,10-11,14-16H,8H2,1,3-7H3/b13-10+/t14-,15?,16+/m1/s1. The molecule has 0 aromatic carbocycles. The first-order valence-electron chi connectivity index (χ1n) is 7.24. The second-order valence-corrected chi connectivity index (χ2v) is 6.41. The summed E-state index contributed by atoms with van der Waals surface area (Å²) < 4.78 is 5.51. The fraction of sp³-hybridized carbons (Fsp3) is 0.611. The maximum Gasteiger partial charge on any atom is 0.311 e. The highest BCUT2D eigenvalue weighted by atomic mass is 16.5. The quantitative estimate of drug-likeness (QED) is 0.428. The molecule has 0 amide bonds. The van der Waals surface area contributed by atoms with Crippen LogP contribution in [-0.2, 0) is 9.53 Å². The van der Waals surface area contributed by atoms with Crippen molar-refractivity contribution in [1.29, 1.82) is 0 Å². The molecule has 2 nitrogen and oxygen atoms in total. The van der Waals surface area contributed by atoms with Crippen LogP contribution in [0.4, 0.5) is 0 Å². The van der Waals surface area contributed by atoms with Gasteiger partial charge in [0.2, 0.25) is 0 Å². The van der Waals surface area contributed by atoms with Gasteiger partial charge in [0.1, 0.15) is 0 Å². The van der Waals surface area contributed by atoms with Gasteiger partial charge in [-0.15, -0.1) is 6.42 Å². The molecule has 20 heavy (non-hydrogen) atoms. The van der Waals surface area contributed by atoms with Crippen LogP contribution in [0, 0.1) is 29.6 Å². The van der Waals surface area contributed by atoms with Crippen LogP contribution in [-0.4, -0.2) is 12.1 Å². The highest BCUT2D eigenvalue weighted by Crippen LogP contribution is 2.59. The largest absolute Gasteiger partial charge is 0.444 e. The molecule has 1 fully saturated rings. The first kappa shape index (κ1) is 16.6. The van der Waals surface area contributed by atoms with Gasteiger partial charge in [0, 0.05) is 0 Å². The second-order valence-electron chi connectivity index (χ2n) is 6.41. The normalized spacial score (nSPS) is 25.4. The van der Waals surface area contributed by atoms with Crippen LogP contribution in [0.25, 0.3) is 0 Å². The molecular formula is C18H26O2. The van der Waals surface area contributed by atoms with Crippen LogP contribution in [0.3, 0.4) is 0 Å². The summed E-state index contributed by atoms with van der Waals surface area (Å²) in [7, 11) is 0. The zero-order valence-electron chi connectivity index (χ0n) is 13.5. The van der Waals surface area contributed by atoms with E-state index in [1.54, 1.807) is 0 Å². The molecule has 0 spiro atoms. The van der Waals surface area contributed by atoms with Crippen molar-refractivity contribution in [2.24, 2.45) is 17.3 Å². The van der Waals surface area contributed by atoms with E-state index in [4.69, 9.17) is 11.2 Å². The zero-order valence-corrected chi connectivity index (χ0v) is 13.5. The van der Waals surface area contributed by atoms with Gasteiger partial charge < -0.3 is 4.74 Å². The molecular weight excluding hydrogens is 248 g/mol. The molecule has 1 saturated carbocycles. The summed E-state index contributed by atoms with van der Waals surface area (Å²) in [5.74, 6) is 2.56. The number of rotatable bonds is 5. The van der Waals surface area contributed by atoms with E-state index in [1.807, 2.05) is 19.9 Å². The third-order valence-corrected chi connectivity index (χ3v) is 4.00. The average molecular weight is 274 g/mol. The highest BCUT2D eigenvalue weighted by molar-refractivity contribution is 5.79. The predicted molar refractivity (Wildman–Crippen MR) is 83.0 cm³/mol. The van der Waals surface area contributed by atoms with Gasteiger partial charge in [-0.3, -0.25) is 4.79 Å². The Hall–Kier alpha value is -1.49. The summed E-state index contributed by atoms with van der Waals surface area (Å²) in [4.78, 5) is 12.3.